The van der Waals surface area contributed by atoms with Crippen molar-refractivity contribution in [3.63, 3.8) is 0 Å². The molecule has 0 amide bonds. The Morgan fingerprint density at radius 3 is 2.04 bits per heavy atom. The van der Waals surface area contributed by atoms with Crippen LogP contribution in [0.4, 0.5) is 15.8 Å². The molecular formula is C21H21FN2. The largest absolute Gasteiger partial charge is 0.376 e. The first-order valence-electron chi connectivity index (χ1n) is 8.05. The number of para-hydroxylation sites is 1. The van der Waals surface area contributed by atoms with Crippen LogP contribution in [0, 0.1) is 5.82 Å². The molecule has 0 heterocycles. The number of halogens is 1. The van der Waals surface area contributed by atoms with Crippen molar-refractivity contribution < 1.29 is 4.39 Å². The maximum atomic E-state index is 13.1. The molecule has 1 unspecified atom stereocenters. The van der Waals surface area contributed by atoms with Gasteiger partial charge in [-0.2, -0.15) is 0 Å². The van der Waals surface area contributed by atoms with Gasteiger partial charge in [0.05, 0.1) is 6.04 Å². The van der Waals surface area contributed by atoms with Crippen LogP contribution in [0.3, 0.4) is 0 Å². The van der Waals surface area contributed by atoms with Gasteiger partial charge in [-0.25, -0.2) is 4.39 Å². The SMILES string of the molecule is CN(CC(Nc1ccccc1)c1ccccc1)c1ccc(F)cc1. The Bertz CT molecular complexity index is 742. The van der Waals surface area contributed by atoms with Gasteiger partial charge in [0.1, 0.15) is 5.82 Å². The molecule has 122 valence electrons. The first-order chi connectivity index (χ1) is 11.7. The first-order valence-corrected chi connectivity index (χ1v) is 8.05. The maximum Gasteiger partial charge on any atom is 0.123 e. The zero-order valence-electron chi connectivity index (χ0n) is 13.7. The second-order valence-corrected chi connectivity index (χ2v) is 5.83. The molecule has 1 N–H and O–H groups in total. The summed E-state index contributed by atoms with van der Waals surface area (Å²) in [6.45, 7) is 0.768. The minimum atomic E-state index is -0.214. The zero-order valence-corrected chi connectivity index (χ0v) is 13.7. The van der Waals surface area contributed by atoms with Crippen LogP contribution < -0.4 is 10.2 Å². The maximum absolute atomic E-state index is 13.1. The van der Waals surface area contributed by atoms with Crippen LogP contribution in [0.15, 0.2) is 84.9 Å². The molecule has 3 aromatic carbocycles. The molecule has 0 aromatic heterocycles. The van der Waals surface area contributed by atoms with Crippen molar-refractivity contribution >= 4 is 11.4 Å². The van der Waals surface area contributed by atoms with E-state index in [0.717, 1.165) is 17.9 Å². The van der Waals surface area contributed by atoms with E-state index in [0.29, 0.717) is 0 Å². The third-order valence-electron chi connectivity index (χ3n) is 4.04. The van der Waals surface area contributed by atoms with Gasteiger partial charge in [0.15, 0.2) is 0 Å². The second-order valence-electron chi connectivity index (χ2n) is 5.83. The van der Waals surface area contributed by atoms with Crippen LogP contribution in [0.2, 0.25) is 0 Å². The molecular weight excluding hydrogens is 299 g/mol. The summed E-state index contributed by atoms with van der Waals surface area (Å²) in [7, 11) is 2.02. The molecule has 0 radical (unpaired) electrons. The second kappa shape index (κ2) is 7.64. The van der Waals surface area contributed by atoms with E-state index in [1.54, 1.807) is 12.1 Å². The Balaban J connectivity index is 1.80. The molecule has 0 aliphatic carbocycles. The highest BCUT2D eigenvalue weighted by molar-refractivity contribution is 5.49. The third-order valence-corrected chi connectivity index (χ3v) is 4.04. The highest BCUT2D eigenvalue weighted by Gasteiger charge is 2.14. The number of hydrogen-bond acceptors (Lipinski definition) is 2. The molecule has 0 aliphatic heterocycles. The van der Waals surface area contributed by atoms with Gasteiger partial charge in [-0.1, -0.05) is 48.5 Å². The third kappa shape index (κ3) is 4.13. The number of rotatable bonds is 6. The van der Waals surface area contributed by atoms with Crippen LogP contribution in [0.5, 0.6) is 0 Å². The van der Waals surface area contributed by atoms with Gasteiger partial charge in [-0.05, 0) is 42.0 Å². The highest BCUT2D eigenvalue weighted by Crippen LogP contribution is 2.23. The molecule has 1 atom stereocenters. The lowest BCUT2D eigenvalue weighted by Crippen LogP contribution is -2.28. The first kappa shape index (κ1) is 16.1. The molecule has 0 spiro atoms. The molecule has 3 heteroatoms. The predicted octanol–water partition coefficient (Wildman–Crippen LogP) is 5.12. The average Bonchev–Trinajstić information content (AvgIpc) is 2.63. The van der Waals surface area contributed by atoms with E-state index in [9.17, 15) is 4.39 Å². The standard InChI is InChI=1S/C21H21FN2/c1-24(20-14-12-18(22)13-15-20)16-21(17-8-4-2-5-9-17)23-19-10-6-3-7-11-19/h2-15,21,23H,16H2,1H3. The number of hydrogen-bond donors (Lipinski definition) is 1. The van der Waals surface area contributed by atoms with Gasteiger partial charge < -0.3 is 10.2 Å². The van der Waals surface area contributed by atoms with E-state index in [4.69, 9.17) is 0 Å². The monoisotopic (exact) mass is 320 g/mol. The van der Waals surface area contributed by atoms with Gasteiger partial charge in [-0.3, -0.25) is 0 Å². The van der Waals surface area contributed by atoms with Crippen molar-refractivity contribution in [3.05, 3.63) is 96.3 Å². The Hall–Kier alpha value is -2.81. The van der Waals surface area contributed by atoms with E-state index < -0.39 is 0 Å². The Labute approximate surface area is 142 Å². The molecule has 3 rings (SSSR count). The van der Waals surface area contributed by atoms with E-state index >= 15 is 0 Å². The smallest absolute Gasteiger partial charge is 0.123 e. The lowest BCUT2D eigenvalue weighted by molar-refractivity contribution is 0.627. The zero-order chi connectivity index (χ0) is 16.8. The van der Waals surface area contributed by atoms with Gasteiger partial charge in [0.2, 0.25) is 0 Å². The minimum absolute atomic E-state index is 0.128. The molecule has 0 aliphatic rings. The molecule has 3 aromatic rings. The van der Waals surface area contributed by atoms with Gasteiger partial charge >= 0.3 is 0 Å². The Morgan fingerprint density at radius 1 is 0.833 bits per heavy atom. The normalized spacial score (nSPS) is 11.8. The number of likely N-dealkylation sites (N-methyl/N-ethyl adjacent to an activating group) is 1. The van der Waals surface area contributed by atoms with Crippen molar-refractivity contribution in [2.45, 2.75) is 6.04 Å². The van der Waals surface area contributed by atoms with E-state index in [1.807, 2.05) is 43.4 Å². The molecule has 0 saturated heterocycles. The van der Waals surface area contributed by atoms with E-state index in [-0.39, 0.29) is 11.9 Å². The lowest BCUT2D eigenvalue weighted by atomic mass is 10.1. The molecule has 0 bridgehead atoms. The van der Waals surface area contributed by atoms with Gasteiger partial charge in [0.25, 0.3) is 0 Å². The van der Waals surface area contributed by atoms with Crippen LogP contribution in [-0.4, -0.2) is 13.6 Å². The fourth-order valence-electron chi connectivity index (χ4n) is 2.73. The van der Waals surface area contributed by atoms with Crippen molar-refractivity contribution in [2.75, 3.05) is 23.8 Å². The summed E-state index contributed by atoms with van der Waals surface area (Å²) >= 11 is 0. The Morgan fingerprint density at radius 2 is 1.42 bits per heavy atom. The topological polar surface area (TPSA) is 15.3 Å². The van der Waals surface area contributed by atoms with E-state index in [2.05, 4.69) is 34.5 Å². The summed E-state index contributed by atoms with van der Waals surface area (Å²) in [6.07, 6.45) is 0. The number of nitrogens with one attached hydrogen (secondary N) is 1. The summed E-state index contributed by atoms with van der Waals surface area (Å²) < 4.78 is 13.1. The lowest BCUT2D eigenvalue weighted by Gasteiger charge is -2.28. The number of nitrogens with zero attached hydrogens (tertiary/aromatic N) is 1. The quantitative estimate of drug-likeness (QED) is 0.678. The Kier molecular flexibility index (Phi) is 5.12. The van der Waals surface area contributed by atoms with E-state index in [1.165, 1.54) is 17.7 Å². The minimum Gasteiger partial charge on any atom is -0.376 e. The van der Waals surface area contributed by atoms with Gasteiger partial charge in [-0.15, -0.1) is 0 Å². The van der Waals surface area contributed by atoms with Crippen molar-refractivity contribution in [2.24, 2.45) is 0 Å². The van der Waals surface area contributed by atoms with Crippen molar-refractivity contribution in [3.8, 4) is 0 Å². The van der Waals surface area contributed by atoms with Crippen molar-refractivity contribution in [1.82, 2.24) is 0 Å². The van der Waals surface area contributed by atoms with Gasteiger partial charge in [0, 0.05) is 25.0 Å². The van der Waals surface area contributed by atoms with Crippen molar-refractivity contribution in [1.29, 1.82) is 0 Å². The summed E-state index contributed by atoms with van der Waals surface area (Å²) in [4.78, 5) is 2.13. The average molecular weight is 320 g/mol. The highest BCUT2D eigenvalue weighted by atomic mass is 19.1. The summed E-state index contributed by atoms with van der Waals surface area (Å²) in [6, 6.07) is 27.3. The fourth-order valence-corrected chi connectivity index (χ4v) is 2.73. The van der Waals surface area contributed by atoms with Crippen LogP contribution in [0.25, 0.3) is 0 Å². The number of anilines is 2. The molecule has 0 saturated carbocycles. The summed E-state index contributed by atoms with van der Waals surface area (Å²) in [5.41, 5.74) is 3.29. The predicted molar refractivity (Wildman–Crippen MR) is 98.9 cm³/mol. The van der Waals surface area contributed by atoms with Crippen LogP contribution >= 0.6 is 0 Å². The summed E-state index contributed by atoms with van der Waals surface area (Å²) in [5.74, 6) is -0.214. The van der Waals surface area contributed by atoms with Crippen LogP contribution in [0.1, 0.15) is 11.6 Å². The molecule has 0 fully saturated rings. The molecule has 2 nitrogen and oxygen atoms in total. The molecule has 24 heavy (non-hydrogen) atoms. The fraction of sp³-hybridized carbons (Fsp3) is 0.143. The number of benzene rings is 3. The summed E-state index contributed by atoms with van der Waals surface area (Å²) in [5, 5.41) is 3.59. The van der Waals surface area contributed by atoms with Crippen LogP contribution in [-0.2, 0) is 0 Å².